The van der Waals surface area contributed by atoms with Crippen molar-refractivity contribution in [1.82, 2.24) is 0 Å². The van der Waals surface area contributed by atoms with Gasteiger partial charge in [0.05, 0.1) is 0 Å². The van der Waals surface area contributed by atoms with Crippen LogP contribution >= 0.6 is 0 Å². The highest BCUT2D eigenvalue weighted by molar-refractivity contribution is 6.96. The van der Waals surface area contributed by atoms with E-state index in [1.54, 1.807) is 0 Å². The Morgan fingerprint density at radius 1 is 0.909 bits per heavy atom. The van der Waals surface area contributed by atoms with Gasteiger partial charge < -0.3 is 0 Å². The maximum atomic E-state index is 4.09. The van der Waals surface area contributed by atoms with Gasteiger partial charge in [-0.3, -0.25) is 0 Å². The molecule has 0 nitrogen and oxygen atoms in total. The molecule has 1 radical (unpaired) electrons. The second-order valence-electron chi connectivity index (χ2n) is 5.57. The van der Waals surface area contributed by atoms with E-state index in [2.05, 4.69) is 46.2 Å². The van der Waals surface area contributed by atoms with Crippen molar-refractivity contribution in [1.29, 1.82) is 0 Å². The summed E-state index contributed by atoms with van der Waals surface area (Å²) in [4.78, 5) is 0. The maximum absolute atomic E-state index is 4.09. The summed E-state index contributed by atoms with van der Waals surface area (Å²) in [6, 6.07) is 0. The molecule has 0 aromatic heterocycles. The van der Waals surface area contributed by atoms with Gasteiger partial charge in [0.25, 0.3) is 0 Å². The quantitative estimate of drug-likeness (QED) is 0.590. The van der Waals surface area contributed by atoms with Crippen LogP contribution in [0.15, 0.2) is 0 Å². The Bertz CT molecular complexity index is 103. The molecule has 0 unspecified atom stereocenters. The summed E-state index contributed by atoms with van der Waals surface area (Å²) in [7, 11) is -1.85. The second kappa shape index (κ2) is 3.44. The molecular formula is C9H23Si2. The Morgan fingerprint density at radius 2 is 1.18 bits per heavy atom. The van der Waals surface area contributed by atoms with E-state index >= 15 is 0 Å². The lowest BCUT2D eigenvalue weighted by atomic mass is 10.6. The average molecular weight is 187 g/mol. The van der Waals surface area contributed by atoms with Crippen molar-refractivity contribution in [2.45, 2.75) is 50.9 Å². The van der Waals surface area contributed by atoms with Gasteiger partial charge in [-0.05, 0) is 0 Å². The minimum Gasteiger partial charge on any atom is -0.0696 e. The highest BCUT2D eigenvalue weighted by atomic mass is 28.4. The highest BCUT2D eigenvalue weighted by Crippen LogP contribution is 2.34. The fraction of sp³-hybridized carbons (Fsp3) is 0.889. The van der Waals surface area contributed by atoms with E-state index in [0.29, 0.717) is 0 Å². The number of hydrogen-bond donors (Lipinski definition) is 0. The minimum atomic E-state index is -0.923. The molecule has 2 heteroatoms. The summed E-state index contributed by atoms with van der Waals surface area (Å²) in [6.45, 7) is 18.9. The molecule has 0 bridgehead atoms. The smallest absolute Gasteiger partial charge is 0.0447 e. The third-order valence-electron chi connectivity index (χ3n) is 2.38. The van der Waals surface area contributed by atoms with Crippen LogP contribution in [0, 0.1) is 6.92 Å². The van der Waals surface area contributed by atoms with Crippen LogP contribution in [0.4, 0.5) is 0 Å². The monoisotopic (exact) mass is 187 g/mol. The van der Waals surface area contributed by atoms with Gasteiger partial charge in [0.15, 0.2) is 0 Å². The van der Waals surface area contributed by atoms with Crippen LogP contribution in [-0.4, -0.2) is 16.1 Å². The fourth-order valence-corrected chi connectivity index (χ4v) is 14.3. The van der Waals surface area contributed by atoms with Gasteiger partial charge in [0, 0.05) is 16.1 Å². The van der Waals surface area contributed by atoms with Crippen molar-refractivity contribution in [3.63, 3.8) is 0 Å². The van der Waals surface area contributed by atoms with Crippen molar-refractivity contribution >= 4 is 16.1 Å². The summed E-state index contributed by atoms with van der Waals surface area (Å²) in [5.74, 6) is 0. The molecule has 0 aliphatic rings. The van der Waals surface area contributed by atoms with E-state index < -0.39 is 16.1 Å². The first kappa shape index (κ1) is 11.4. The first-order chi connectivity index (χ1) is 4.69. The SMILES string of the molecule is [CH2]CC([Si](C)(C)C)[Si](C)(C)C. The number of rotatable bonds is 3. The van der Waals surface area contributed by atoms with Crippen LogP contribution in [0.2, 0.25) is 44.4 Å². The Morgan fingerprint density at radius 3 is 1.18 bits per heavy atom. The normalized spacial score (nSPS) is 14.2. The lowest BCUT2D eigenvalue weighted by Gasteiger charge is -2.37. The van der Waals surface area contributed by atoms with Crippen LogP contribution in [0.25, 0.3) is 0 Å². The molecule has 0 aromatic rings. The van der Waals surface area contributed by atoms with Crippen molar-refractivity contribution in [3.8, 4) is 0 Å². The zero-order chi connectivity index (χ0) is 9.28. The van der Waals surface area contributed by atoms with Gasteiger partial charge in [-0.15, -0.1) is 0 Å². The molecule has 0 saturated carbocycles. The molecule has 0 atom stereocenters. The molecule has 0 spiro atoms. The summed E-state index contributed by atoms with van der Waals surface area (Å²) < 4.78 is 0. The zero-order valence-electron chi connectivity index (χ0n) is 8.99. The second-order valence-corrected chi connectivity index (χ2v) is 17.0. The van der Waals surface area contributed by atoms with Gasteiger partial charge in [-0.25, -0.2) is 0 Å². The molecule has 11 heavy (non-hydrogen) atoms. The van der Waals surface area contributed by atoms with Crippen molar-refractivity contribution in [2.75, 3.05) is 0 Å². The van der Waals surface area contributed by atoms with E-state index in [9.17, 15) is 0 Å². The lowest BCUT2D eigenvalue weighted by molar-refractivity contribution is 1.03. The minimum absolute atomic E-state index is 0.923. The highest BCUT2D eigenvalue weighted by Gasteiger charge is 2.35. The first-order valence-electron chi connectivity index (χ1n) is 4.49. The van der Waals surface area contributed by atoms with Crippen LogP contribution in [0.3, 0.4) is 0 Å². The molecule has 0 aliphatic heterocycles. The topological polar surface area (TPSA) is 0 Å². The van der Waals surface area contributed by atoms with Gasteiger partial charge in [0.2, 0.25) is 0 Å². The average Bonchev–Trinajstić information content (AvgIpc) is 1.56. The van der Waals surface area contributed by atoms with E-state index in [4.69, 9.17) is 0 Å². The summed E-state index contributed by atoms with van der Waals surface area (Å²) >= 11 is 0. The van der Waals surface area contributed by atoms with Crippen LogP contribution in [0.1, 0.15) is 6.42 Å². The first-order valence-corrected chi connectivity index (χ1v) is 11.6. The molecule has 0 fully saturated rings. The Balaban J connectivity index is 4.43. The van der Waals surface area contributed by atoms with Crippen molar-refractivity contribution < 1.29 is 0 Å². The zero-order valence-corrected chi connectivity index (χ0v) is 11.0. The van der Waals surface area contributed by atoms with Crippen LogP contribution in [0.5, 0.6) is 0 Å². The predicted molar refractivity (Wildman–Crippen MR) is 60.4 cm³/mol. The standard InChI is InChI=1S/C9H23Si2/c1-8-9(10(2,3)4)11(5,6)7/h9H,1,8H2,2-7H3. The third kappa shape index (κ3) is 3.56. The van der Waals surface area contributed by atoms with E-state index in [1.165, 1.54) is 0 Å². The van der Waals surface area contributed by atoms with Gasteiger partial charge >= 0.3 is 0 Å². The number of hydrogen-bond acceptors (Lipinski definition) is 0. The predicted octanol–water partition coefficient (Wildman–Crippen LogP) is 3.80. The van der Waals surface area contributed by atoms with Gasteiger partial charge in [-0.2, -0.15) is 0 Å². The molecule has 67 valence electrons. The largest absolute Gasteiger partial charge is 0.0696 e. The Labute approximate surface area is 74.4 Å². The summed E-state index contributed by atoms with van der Waals surface area (Å²) in [5.41, 5.74) is 0. The molecule has 0 rings (SSSR count). The van der Waals surface area contributed by atoms with Gasteiger partial charge in [-0.1, -0.05) is 57.8 Å². The molecule has 0 amide bonds. The van der Waals surface area contributed by atoms with E-state index in [1.807, 2.05) is 0 Å². The van der Waals surface area contributed by atoms with Crippen LogP contribution in [-0.2, 0) is 0 Å². The molecule has 0 heterocycles. The third-order valence-corrected chi connectivity index (χ3v) is 12.3. The van der Waals surface area contributed by atoms with Crippen LogP contribution < -0.4 is 0 Å². The molecule has 0 aliphatic carbocycles. The Kier molecular flexibility index (Phi) is 3.57. The lowest BCUT2D eigenvalue weighted by Crippen LogP contribution is -2.43. The fourth-order valence-electron chi connectivity index (χ4n) is 2.17. The molecular weight excluding hydrogens is 164 g/mol. The van der Waals surface area contributed by atoms with Crippen molar-refractivity contribution in [2.24, 2.45) is 0 Å². The van der Waals surface area contributed by atoms with Gasteiger partial charge in [0.1, 0.15) is 0 Å². The molecule has 0 N–H and O–H groups in total. The van der Waals surface area contributed by atoms with E-state index in [0.717, 1.165) is 11.6 Å². The summed E-state index contributed by atoms with van der Waals surface area (Å²) in [5, 5.41) is 0.981. The molecule has 0 saturated heterocycles. The molecule has 0 aromatic carbocycles. The van der Waals surface area contributed by atoms with E-state index in [-0.39, 0.29) is 0 Å². The summed E-state index contributed by atoms with van der Waals surface area (Å²) in [6.07, 6.45) is 1.16. The van der Waals surface area contributed by atoms with Crippen molar-refractivity contribution in [3.05, 3.63) is 6.92 Å². The Hall–Kier alpha value is 0.434. The maximum Gasteiger partial charge on any atom is 0.0447 e.